The smallest absolute Gasteiger partial charge is 0.407 e. The zero-order valence-corrected chi connectivity index (χ0v) is 25.2. The number of hydrogen-bond donors (Lipinski definition) is 4. The number of ether oxygens (including phenoxy) is 3. The van der Waals surface area contributed by atoms with Crippen molar-refractivity contribution in [2.24, 2.45) is 17.1 Å². The van der Waals surface area contributed by atoms with Gasteiger partial charge in [-0.1, -0.05) is 56.3 Å². The summed E-state index contributed by atoms with van der Waals surface area (Å²) < 4.78 is 54.8. The van der Waals surface area contributed by atoms with Gasteiger partial charge in [-0.15, -0.1) is 0 Å². The van der Waals surface area contributed by atoms with Crippen molar-refractivity contribution in [2.75, 3.05) is 32.8 Å². The lowest BCUT2D eigenvalue weighted by atomic mass is 9.89. The maximum atomic E-state index is 14.0. The molecule has 2 aliphatic rings. The number of nitrogens with one attached hydrogen (secondary N) is 1. The van der Waals surface area contributed by atoms with Gasteiger partial charge < -0.3 is 39.2 Å². The lowest BCUT2D eigenvalue weighted by Crippen LogP contribution is -2.52. The number of alkyl carbamates (subject to hydrolysis) is 1. The number of nitrogens with two attached hydrogens (primary N) is 1. The van der Waals surface area contributed by atoms with E-state index in [2.05, 4.69) is 5.32 Å². The molecule has 2 fully saturated rings. The number of rotatable bonds is 12. The molecule has 6 atom stereocenters. The molecule has 3 aromatic rings. The first-order chi connectivity index (χ1) is 20.6. The highest BCUT2D eigenvalue weighted by Crippen LogP contribution is 2.33. The summed E-state index contributed by atoms with van der Waals surface area (Å²) in [7, 11) is -4.10. The average Bonchev–Trinajstić information content (AvgIpc) is 3.70. The van der Waals surface area contributed by atoms with Gasteiger partial charge >= 0.3 is 11.0 Å². The predicted molar refractivity (Wildman–Crippen MR) is 159 cm³/mol. The molecule has 236 valence electrons. The molecule has 4 unspecified atom stereocenters. The molecule has 0 saturated carbocycles. The van der Waals surface area contributed by atoms with Gasteiger partial charge in [-0.2, -0.15) is 0 Å². The van der Waals surface area contributed by atoms with E-state index < -0.39 is 44.7 Å². The highest BCUT2D eigenvalue weighted by molar-refractivity contribution is 7.87. The highest BCUT2D eigenvalue weighted by Gasteiger charge is 2.44. The van der Waals surface area contributed by atoms with Crippen LogP contribution in [0.4, 0.5) is 4.79 Å². The van der Waals surface area contributed by atoms with Gasteiger partial charge in [-0.05, 0) is 48.9 Å². The molecule has 13 heteroatoms. The Kier molecular flexibility index (Phi) is 9.81. The molecule has 0 radical (unpaired) electrons. The minimum Gasteiger partial charge on any atom is -0.443 e. The molecule has 1 amide bonds. The van der Waals surface area contributed by atoms with Crippen molar-refractivity contribution in [2.45, 2.75) is 57.6 Å². The van der Waals surface area contributed by atoms with Crippen molar-refractivity contribution in [1.29, 1.82) is 0 Å². The van der Waals surface area contributed by atoms with Crippen molar-refractivity contribution < 1.29 is 41.7 Å². The first kappa shape index (κ1) is 31.5. The molecule has 12 nitrogen and oxygen atoms in total. The second-order valence-corrected chi connectivity index (χ2v) is 13.7. The third kappa shape index (κ3) is 7.60. The summed E-state index contributed by atoms with van der Waals surface area (Å²) >= 11 is 0. The number of aliphatic hydroxyl groups is 1. The fourth-order valence-corrected chi connectivity index (χ4v) is 7.08. The molecule has 0 aliphatic carbocycles. The van der Waals surface area contributed by atoms with Crippen LogP contribution >= 0.6 is 0 Å². The monoisotopic (exact) mass is 619 g/mol. The van der Waals surface area contributed by atoms with Crippen molar-refractivity contribution in [1.82, 2.24) is 9.62 Å². The molecular weight excluding hydrogens is 578 g/mol. The van der Waals surface area contributed by atoms with E-state index in [0.29, 0.717) is 30.7 Å². The minimum absolute atomic E-state index is 0.0462. The van der Waals surface area contributed by atoms with Crippen LogP contribution in [-0.4, -0.2) is 81.7 Å². The number of hydrogen-bond acceptors (Lipinski definition) is 9. The van der Waals surface area contributed by atoms with Crippen molar-refractivity contribution in [3.8, 4) is 0 Å². The molecule has 43 heavy (non-hydrogen) atoms. The molecule has 0 bridgehead atoms. The predicted octanol–water partition coefficient (Wildman–Crippen LogP) is 3.37. The largest absolute Gasteiger partial charge is 0.443 e. The van der Waals surface area contributed by atoms with Crippen LogP contribution in [0.2, 0.25) is 0 Å². The summed E-state index contributed by atoms with van der Waals surface area (Å²) in [5, 5.41) is 14.4. The van der Waals surface area contributed by atoms with Crippen LogP contribution in [0, 0.1) is 16.2 Å². The van der Waals surface area contributed by atoms with Gasteiger partial charge in [0, 0.05) is 13.1 Å². The lowest BCUT2D eigenvalue weighted by Gasteiger charge is -2.34. The molecule has 5 N–H and O–H groups in total. The van der Waals surface area contributed by atoms with Crippen LogP contribution in [0.1, 0.15) is 32.3 Å². The summed E-state index contributed by atoms with van der Waals surface area (Å²) in [6.45, 7) is 4.77. The Labute approximate surface area is 251 Å². The summed E-state index contributed by atoms with van der Waals surface area (Å²) in [6, 6.07) is 15.2. The zero-order valence-electron chi connectivity index (χ0n) is 24.4. The number of aliphatic hydroxyl groups excluding tert-OH is 1. The zero-order chi connectivity index (χ0) is 30.6. The summed E-state index contributed by atoms with van der Waals surface area (Å²) in [5.74, 6) is -0.0462. The second kappa shape index (κ2) is 13.4. The van der Waals surface area contributed by atoms with E-state index in [1.165, 1.54) is 4.31 Å². The standard InChI is InChI=1S/C30H41N3O9S/c1-30(2,13-14-31)19-33(43(36,37)29-41-24-10-6-7-11-25(24)42-29)17-23(34)22(16-20-8-4-3-5-9-20)32-28(35)40-26-18-39-27-21(26)12-15-38-27/h3-11,21-23,26-27,34H,12-19,31H2,1-2H3,(H,32,35)(H,36,37)/t21?,22-,23+,26?,27?/m0/s1. The van der Waals surface area contributed by atoms with Crippen LogP contribution < -0.4 is 11.1 Å². The van der Waals surface area contributed by atoms with E-state index >= 15 is 0 Å². The quantitative estimate of drug-likeness (QED) is 0.221. The molecule has 2 saturated heterocycles. The van der Waals surface area contributed by atoms with E-state index in [4.69, 9.17) is 28.8 Å². The highest BCUT2D eigenvalue weighted by atomic mass is 32.2. The molecule has 2 aromatic carbocycles. The number of benzene rings is 2. The third-order valence-corrected chi connectivity index (χ3v) is 9.51. The first-order valence-electron chi connectivity index (χ1n) is 14.5. The Morgan fingerprint density at radius 3 is 2.49 bits per heavy atom. The van der Waals surface area contributed by atoms with E-state index in [1.807, 2.05) is 44.2 Å². The first-order valence-corrected chi connectivity index (χ1v) is 16.0. The fraction of sp³-hybridized carbons (Fsp3) is 0.533. The SMILES string of the molecule is CC(C)(CCN)CN(C[C@@H](O)[C@H](Cc1ccccc1)NC(=O)OC1COC2OCCC12)S(=O)(O)=c1oc2ccccc2o1. The number of nitrogens with zero attached hydrogens (tertiary/aromatic N) is 1. The number of carbonyl (C=O) groups excluding carboxylic acids is 1. The number of carbonyl (C=O) groups is 1. The van der Waals surface area contributed by atoms with Crippen LogP contribution in [0.15, 0.2) is 63.4 Å². The lowest BCUT2D eigenvalue weighted by molar-refractivity contribution is -0.0907. The maximum Gasteiger partial charge on any atom is 0.407 e. The van der Waals surface area contributed by atoms with Crippen LogP contribution in [0.25, 0.3) is 11.2 Å². The molecule has 5 rings (SSSR count). The van der Waals surface area contributed by atoms with Gasteiger partial charge in [-0.3, -0.25) is 4.55 Å². The third-order valence-electron chi connectivity index (χ3n) is 7.93. The number of para-hydroxylation sites is 2. The summed E-state index contributed by atoms with van der Waals surface area (Å²) in [5.41, 5.74) is 6.82. The van der Waals surface area contributed by atoms with Crippen LogP contribution in [0.3, 0.4) is 0 Å². The Morgan fingerprint density at radius 2 is 1.81 bits per heavy atom. The van der Waals surface area contributed by atoms with Crippen molar-refractivity contribution in [3.63, 3.8) is 0 Å². The van der Waals surface area contributed by atoms with E-state index in [-0.39, 0.29) is 38.3 Å². The fourth-order valence-electron chi connectivity index (χ4n) is 5.59. The van der Waals surface area contributed by atoms with Gasteiger partial charge in [-0.25, -0.2) is 13.3 Å². The van der Waals surface area contributed by atoms with Gasteiger partial charge in [0.05, 0.1) is 31.3 Å². The normalized spacial score (nSPS) is 23.2. The summed E-state index contributed by atoms with van der Waals surface area (Å²) in [4.78, 5) is 12.6. The Bertz CT molecular complexity index is 1500. The maximum absolute atomic E-state index is 14.0. The number of amides is 1. The van der Waals surface area contributed by atoms with Crippen LogP contribution in [-0.2, 0) is 30.6 Å². The second-order valence-electron chi connectivity index (χ2n) is 11.9. The van der Waals surface area contributed by atoms with Crippen LogP contribution in [0.5, 0.6) is 0 Å². The van der Waals surface area contributed by atoms with E-state index in [0.717, 1.165) is 12.0 Å². The van der Waals surface area contributed by atoms with Crippen molar-refractivity contribution in [3.05, 3.63) is 65.1 Å². The Morgan fingerprint density at radius 1 is 1.14 bits per heavy atom. The van der Waals surface area contributed by atoms with Gasteiger partial charge in [0.25, 0.3) is 0 Å². The summed E-state index contributed by atoms with van der Waals surface area (Å²) in [6.07, 6.45) is -1.33. The van der Waals surface area contributed by atoms with Crippen molar-refractivity contribution >= 4 is 27.2 Å². The molecule has 1 aromatic heterocycles. The Hall–Kier alpha value is -2.91. The molecule has 3 heterocycles. The van der Waals surface area contributed by atoms with Gasteiger partial charge in [0.2, 0.25) is 9.99 Å². The average molecular weight is 620 g/mol. The topological polar surface area (TPSA) is 170 Å². The van der Waals surface area contributed by atoms with Gasteiger partial charge in [0.15, 0.2) is 17.5 Å². The molecule has 0 spiro atoms. The number of fused-ring (bicyclic) bond motifs is 2. The minimum atomic E-state index is -4.10. The van der Waals surface area contributed by atoms with E-state index in [1.54, 1.807) is 24.3 Å². The Balaban J connectivity index is 1.42. The molecule has 2 aliphatic heterocycles. The van der Waals surface area contributed by atoms with E-state index in [9.17, 15) is 18.7 Å². The van der Waals surface area contributed by atoms with Gasteiger partial charge in [0.1, 0.15) is 6.10 Å². The molecular formula is C30H41N3O9S.